The van der Waals surface area contributed by atoms with E-state index >= 15 is 0 Å². The van der Waals surface area contributed by atoms with Crippen LogP contribution in [0.25, 0.3) is 11.1 Å². The maximum atomic E-state index is 13.0. The minimum atomic E-state index is -0.0899. The van der Waals surface area contributed by atoms with Gasteiger partial charge in [0.2, 0.25) is 0 Å². The van der Waals surface area contributed by atoms with E-state index < -0.39 is 0 Å². The second-order valence-corrected chi connectivity index (χ2v) is 7.88. The van der Waals surface area contributed by atoms with Gasteiger partial charge in [0.1, 0.15) is 0 Å². The fourth-order valence-corrected chi connectivity index (χ4v) is 4.07. The minimum absolute atomic E-state index is 0.0422. The number of amides is 2. The summed E-state index contributed by atoms with van der Waals surface area (Å²) >= 11 is 0. The molecule has 2 aliphatic rings. The van der Waals surface area contributed by atoms with Gasteiger partial charge in [0, 0.05) is 49.4 Å². The molecule has 0 atom stereocenters. The highest BCUT2D eigenvalue weighted by Crippen LogP contribution is 2.33. The van der Waals surface area contributed by atoms with Crippen molar-refractivity contribution < 1.29 is 9.59 Å². The molecule has 2 aromatic rings. The molecule has 2 amide bonds. The van der Waals surface area contributed by atoms with Crippen molar-refractivity contribution in [1.29, 1.82) is 5.26 Å². The summed E-state index contributed by atoms with van der Waals surface area (Å²) in [6, 6.07) is 15.3. The molecule has 0 spiro atoms. The molecular weight excluding hydrogens is 376 g/mol. The Morgan fingerprint density at radius 1 is 1.10 bits per heavy atom. The van der Waals surface area contributed by atoms with E-state index in [-0.39, 0.29) is 18.4 Å². The predicted molar refractivity (Wildman–Crippen MR) is 115 cm³/mol. The minimum Gasteiger partial charge on any atom is -0.336 e. The van der Waals surface area contributed by atoms with Crippen molar-refractivity contribution in [3.05, 3.63) is 71.3 Å². The van der Waals surface area contributed by atoms with Crippen LogP contribution in [0.2, 0.25) is 0 Å². The van der Waals surface area contributed by atoms with E-state index in [1.807, 2.05) is 53.4 Å². The summed E-state index contributed by atoms with van der Waals surface area (Å²) < 4.78 is 0. The third-order valence-electron chi connectivity index (χ3n) is 5.79. The van der Waals surface area contributed by atoms with Crippen LogP contribution in [0.5, 0.6) is 0 Å². The van der Waals surface area contributed by atoms with Gasteiger partial charge in [-0.3, -0.25) is 9.59 Å². The van der Waals surface area contributed by atoms with Gasteiger partial charge >= 0.3 is 0 Å². The third-order valence-corrected chi connectivity index (χ3v) is 5.79. The van der Waals surface area contributed by atoms with Gasteiger partial charge < -0.3 is 14.7 Å². The largest absolute Gasteiger partial charge is 0.336 e. The summed E-state index contributed by atoms with van der Waals surface area (Å²) in [7, 11) is 2.06. The molecule has 6 nitrogen and oxygen atoms in total. The van der Waals surface area contributed by atoms with Gasteiger partial charge in [0.05, 0.1) is 12.6 Å². The van der Waals surface area contributed by atoms with Crippen LogP contribution >= 0.6 is 0 Å². The molecule has 2 heterocycles. The average Bonchev–Trinajstić information content (AvgIpc) is 3.09. The number of rotatable bonds is 4. The van der Waals surface area contributed by atoms with Crippen LogP contribution in [0.1, 0.15) is 26.3 Å². The monoisotopic (exact) mass is 400 g/mol. The summed E-state index contributed by atoms with van der Waals surface area (Å²) in [5, 5.41) is 9.01. The van der Waals surface area contributed by atoms with Crippen LogP contribution in [0.3, 0.4) is 0 Å². The van der Waals surface area contributed by atoms with E-state index in [1.54, 1.807) is 4.90 Å². The Hall–Kier alpha value is -3.43. The number of carbonyl (C=O) groups excluding carboxylic acids is 2. The molecule has 1 fully saturated rings. The van der Waals surface area contributed by atoms with E-state index in [1.165, 1.54) is 0 Å². The number of nitrogens with zero attached hydrogens (tertiary/aromatic N) is 4. The van der Waals surface area contributed by atoms with E-state index in [2.05, 4.69) is 18.5 Å². The Kier molecular flexibility index (Phi) is 5.39. The average molecular weight is 400 g/mol. The topological polar surface area (TPSA) is 67.7 Å². The number of hydrogen-bond donors (Lipinski definition) is 0. The van der Waals surface area contributed by atoms with Crippen LogP contribution in [0.15, 0.2) is 54.6 Å². The Labute approximate surface area is 176 Å². The van der Waals surface area contributed by atoms with Crippen molar-refractivity contribution in [2.24, 2.45) is 0 Å². The molecule has 152 valence electrons. The lowest BCUT2D eigenvalue weighted by Crippen LogP contribution is -2.47. The zero-order valence-corrected chi connectivity index (χ0v) is 17.1. The fraction of sp³-hybridized carbons (Fsp3) is 0.292. The number of benzene rings is 2. The molecule has 6 heteroatoms. The molecular formula is C24H24N4O2. The first-order valence-corrected chi connectivity index (χ1v) is 10.0. The molecule has 0 radical (unpaired) electrons. The van der Waals surface area contributed by atoms with Crippen molar-refractivity contribution >= 4 is 11.8 Å². The first-order chi connectivity index (χ1) is 14.5. The number of carbonyl (C=O) groups is 2. The van der Waals surface area contributed by atoms with Crippen LogP contribution in [0.4, 0.5) is 0 Å². The van der Waals surface area contributed by atoms with Crippen LogP contribution in [-0.2, 0) is 6.54 Å². The molecule has 2 aliphatic heterocycles. The summed E-state index contributed by atoms with van der Waals surface area (Å²) in [6.07, 6.45) is 0. The summed E-state index contributed by atoms with van der Waals surface area (Å²) in [4.78, 5) is 31.5. The smallest absolute Gasteiger partial charge is 0.254 e. The van der Waals surface area contributed by atoms with Gasteiger partial charge in [-0.05, 0) is 41.9 Å². The third kappa shape index (κ3) is 3.72. The lowest BCUT2D eigenvalue weighted by molar-refractivity contribution is 0.0664. The predicted octanol–water partition coefficient (Wildman–Crippen LogP) is 2.78. The quantitative estimate of drug-likeness (QED) is 0.740. The molecule has 0 bridgehead atoms. The van der Waals surface area contributed by atoms with Crippen LogP contribution in [-0.4, -0.2) is 66.3 Å². The summed E-state index contributed by atoms with van der Waals surface area (Å²) in [5.74, 6) is -0.0477. The van der Waals surface area contributed by atoms with Crippen molar-refractivity contribution in [1.82, 2.24) is 14.7 Å². The molecule has 0 N–H and O–H groups in total. The lowest BCUT2D eigenvalue weighted by Gasteiger charge is -2.32. The highest BCUT2D eigenvalue weighted by Gasteiger charge is 2.30. The number of fused-ring (bicyclic) bond motifs is 1. The van der Waals surface area contributed by atoms with Crippen LogP contribution < -0.4 is 0 Å². The lowest BCUT2D eigenvalue weighted by atomic mass is 9.95. The molecule has 0 saturated carbocycles. The number of piperazine rings is 1. The normalized spacial score (nSPS) is 16.3. The van der Waals surface area contributed by atoms with E-state index in [4.69, 9.17) is 5.26 Å². The van der Waals surface area contributed by atoms with Crippen molar-refractivity contribution in [3.63, 3.8) is 0 Å². The zero-order valence-electron chi connectivity index (χ0n) is 17.1. The van der Waals surface area contributed by atoms with Gasteiger partial charge in [-0.2, -0.15) is 5.26 Å². The Bertz CT molecular complexity index is 1060. The molecule has 30 heavy (non-hydrogen) atoms. The Morgan fingerprint density at radius 2 is 1.80 bits per heavy atom. The molecule has 4 rings (SSSR count). The van der Waals surface area contributed by atoms with Crippen LogP contribution in [0, 0.1) is 11.3 Å². The Morgan fingerprint density at radius 3 is 2.53 bits per heavy atom. The van der Waals surface area contributed by atoms with Crippen molar-refractivity contribution in [3.8, 4) is 17.2 Å². The second-order valence-electron chi connectivity index (χ2n) is 7.88. The van der Waals surface area contributed by atoms with Crippen molar-refractivity contribution in [2.45, 2.75) is 6.54 Å². The number of nitriles is 1. The summed E-state index contributed by atoms with van der Waals surface area (Å²) in [6.45, 7) is 7.57. The molecule has 1 saturated heterocycles. The van der Waals surface area contributed by atoms with E-state index in [0.29, 0.717) is 23.2 Å². The number of hydrogen-bond acceptors (Lipinski definition) is 4. The summed E-state index contributed by atoms with van der Waals surface area (Å²) in [5.41, 5.74) is 4.46. The molecule has 0 aliphatic carbocycles. The standard InChI is InChI=1S/C24H24N4O2/c1-17(14-25)15-28-16-22-20(7-4-8-21(22)24(28)30)18-5-3-6-19(13-18)23(29)27-11-9-26(2)10-12-27/h3-8,13H,1,9-12,15-16H2,2H3. The van der Waals surface area contributed by atoms with Gasteiger partial charge in [0.25, 0.3) is 11.8 Å². The van der Waals surface area contributed by atoms with Gasteiger partial charge in [0.15, 0.2) is 0 Å². The maximum absolute atomic E-state index is 13.0. The van der Waals surface area contributed by atoms with Gasteiger partial charge in [-0.25, -0.2) is 0 Å². The highest BCUT2D eigenvalue weighted by atomic mass is 16.2. The SMILES string of the molecule is C=C(C#N)CN1Cc2c(cccc2-c2cccc(C(=O)N3CCN(C)CC3)c2)C1=O. The Balaban J connectivity index is 1.62. The molecule has 0 unspecified atom stereocenters. The fourth-order valence-electron chi connectivity index (χ4n) is 4.07. The second kappa shape index (κ2) is 8.13. The number of likely N-dealkylation sites (N-methyl/N-ethyl adjacent to an activating group) is 1. The molecule has 2 aromatic carbocycles. The first kappa shape index (κ1) is 19.9. The molecule has 0 aromatic heterocycles. The van der Waals surface area contributed by atoms with Crippen molar-refractivity contribution in [2.75, 3.05) is 39.8 Å². The van der Waals surface area contributed by atoms with E-state index in [9.17, 15) is 9.59 Å². The zero-order chi connectivity index (χ0) is 21.3. The van der Waals surface area contributed by atoms with Gasteiger partial charge in [-0.1, -0.05) is 30.8 Å². The van der Waals surface area contributed by atoms with E-state index in [0.717, 1.165) is 42.9 Å². The maximum Gasteiger partial charge on any atom is 0.254 e. The van der Waals surface area contributed by atoms with Gasteiger partial charge in [-0.15, -0.1) is 0 Å². The first-order valence-electron chi connectivity index (χ1n) is 10.0. The highest BCUT2D eigenvalue weighted by molar-refractivity contribution is 6.01.